The van der Waals surface area contributed by atoms with Gasteiger partial charge in [-0.3, -0.25) is 0 Å². The summed E-state index contributed by atoms with van der Waals surface area (Å²) in [4.78, 5) is 12.2. The van der Waals surface area contributed by atoms with Crippen LogP contribution in [-0.2, 0) is 32.2 Å². The summed E-state index contributed by atoms with van der Waals surface area (Å²) >= 11 is 0. The van der Waals surface area contributed by atoms with E-state index in [1.807, 2.05) is 67.6 Å². The van der Waals surface area contributed by atoms with E-state index in [0.29, 0.717) is 19.6 Å². The molecular weight excluding hydrogens is 304 g/mol. The molecule has 4 nitrogen and oxygen atoms in total. The molecule has 4 heteroatoms. The number of esters is 1. The minimum absolute atomic E-state index is 0.158. The van der Waals surface area contributed by atoms with Crippen LogP contribution in [0.1, 0.15) is 24.5 Å². The maximum Gasteiger partial charge on any atom is 0.338 e. The second kappa shape index (κ2) is 8.08. The molecule has 0 aromatic heterocycles. The lowest BCUT2D eigenvalue weighted by Crippen LogP contribution is -2.47. The summed E-state index contributed by atoms with van der Waals surface area (Å²) in [6.07, 6.45) is -0.511. The lowest BCUT2D eigenvalue weighted by atomic mass is 10.0. The zero-order valence-corrected chi connectivity index (χ0v) is 13.8. The highest BCUT2D eigenvalue weighted by Crippen LogP contribution is 2.23. The van der Waals surface area contributed by atoms with Crippen LogP contribution in [0.5, 0.6) is 0 Å². The molecule has 0 saturated carbocycles. The summed E-state index contributed by atoms with van der Waals surface area (Å²) in [6, 6.07) is 19.7. The van der Waals surface area contributed by atoms with E-state index in [1.165, 1.54) is 0 Å². The monoisotopic (exact) mass is 326 g/mol. The van der Waals surface area contributed by atoms with Crippen molar-refractivity contribution in [3.05, 3.63) is 71.8 Å². The van der Waals surface area contributed by atoms with Crippen molar-refractivity contribution in [2.45, 2.75) is 44.9 Å². The largest absolute Gasteiger partial charge is 0.461 e. The van der Waals surface area contributed by atoms with Gasteiger partial charge in [-0.2, -0.15) is 0 Å². The summed E-state index contributed by atoms with van der Waals surface area (Å²) in [6.45, 7) is 2.70. The highest BCUT2D eigenvalue weighted by Gasteiger charge is 2.38. The van der Waals surface area contributed by atoms with E-state index in [1.54, 1.807) is 0 Å². The van der Waals surface area contributed by atoms with E-state index < -0.39 is 6.10 Å². The van der Waals surface area contributed by atoms with Gasteiger partial charge in [-0.05, 0) is 18.1 Å². The molecule has 3 atom stereocenters. The van der Waals surface area contributed by atoms with Crippen LogP contribution in [0, 0.1) is 0 Å². The van der Waals surface area contributed by atoms with Gasteiger partial charge in [0.25, 0.3) is 0 Å². The van der Waals surface area contributed by atoms with Crippen molar-refractivity contribution in [2.24, 2.45) is 0 Å². The lowest BCUT2D eigenvalue weighted by molar-refractivity contribution is -0.193. The summed E-state index contributed by atoms with van der Waals surface area (Å²) in [5.74, 6) is -0.345. The van der Waals surface area contributed by atoms with Gasteiger partial charge in [-0.15, -0.1) is 0 Å². The predicted molar refractivity (Wildman–Crippen MR) is 90.2 cm³/mol. The molecule has 3 rings (SSSR count). The first-order valence-electron chi connectivity index (χ1n) is 8.24. The fourth-order valence-corrected chi connectivity index (χ4v) is 2.78. The van der Waals surface area contributed by atoms with Gasteiger partial charge in [0.2, 0.25) is 0 Å². The summed E-state index contributed by atoms with van der Waals surface area (Å²) in [5.41, 5.74) is 2.09. The molecule has 0 bridgehead atoms. The Morgan fingerprint density at radius 2 is 1.46 bits per heavy atom. The van der Waals surface area contributed by atoms with Crippen LogP contribution in [0.4, 0.5) is 0 Å². The molecule has 1 aliphatic rings. The smallest absolute Gasteiger partial charge is 0.338 e. The highest BCUT2D eigenvalue weighted by atomic mass is 16.6. The van der Waals surface area contributed by atoms with Crippen LogP contribution in [-0.4, -0.2) is 24.3 Å². The minimum atomic E-state index is -0.690. The predicted octanol–water partition coefficient (Wildman–Crippen LogP) is 3.49. The van der Waals surface area contributed by atoms with Gasteiger partial charge < -0.3 is 14.2 Å². The van der Waals surface area contributed by atoms with Crippen LogP contribution < -0.4 is 0 Å². The molecule has 0 radical (unpaired) electrons. The first kappa shape index (κ1) is 16.7. The Morgan fingerprint density at radius 1 is 0.917 bits per heavy atom. The number of benzene rings is 2. The van der Waals surface area contributed by atoms with Crippen LogP contribution >= 0.6 is 0 Å². The summed E-state index contributed by atoms with van der Waals surface area (Å²) in [7, 11) is 0. The van der Waals surface area contributed by atoms with Crippen molar-refractivity contribution in [3.63, 3.8) is 0 Å². The third-order valence-corrected chi connectivity index (χ3v) is 4.03. The van der Waals surface area contributed by atoms with E-state index in [0.717, 1.165) is 11.1 Å². The number of rotatable bonds is 6. The normalized spacial score (nSPS) is 23.7. The first-order valence-corrected chi connectivity index (χ1v) is 8.24. The average Bonchev–Trinajstić information content (AvgIpc) is 2.61. The second-order valence-electron chi connectivity index (χ2n) is 6.04. The van der Waals surface area contributed by atoms with Crippen LogP contribution in [0.2, 0.25) is 0 Å². The zero-order valence-electron chi connectivity index (χ0n) is 13.8. The van der Waals surface area contributed by atoms with Crippen LogP contribution in [0.25, 0.3) is 0 Å². The molecule has 0 aliphatic carbocycles. The fourth-order valence-electron chi connectivity index (χ4n) is 2.78. The zero-order chi connectivity index (χ0) is 16.8. The molecule has 0 amide bonds. The van der Waals surface area contributed by atoms with Crippen molar-refractivity contribution in [3.8, 4) is 0 Å². The minimum Gasteiger partial charge on any atom is -0.461 e. The number of carbonyl (C=O) groups is 1. The molecule has 2 aromatic rings. The maximum atomic E-state index is 12.2. The average molecular weight is 326 g/mol. The Kier molecular flexibility index (Phi) is 5.62. The summed E-state index contributed by atoms with van der Waals surface area (Å²) in [5, 5.41) is 0. The topological polar surface area (TPSA) is 44.8 Å². The molecule has 0 unspecified atom stereocenters. The van der Waals surface area contributed by atoms with Crippen molar-refractivity contribution in [1.29, 1.82) is 0 Å². The molecule has 1 saturated heterocycles. The van der Waals surface area contributed by atoms with Crippen molar-refractivity contribution < 1.29 is 19.0 Å². The summed E-state index contributed by atoms with van der Waals surface area (Å²) < 4.78 is 17.1. The second-order valence-corrected chi connectivity index (χ2v) is 6.04. The molecule has 126 valence electrons. The highest BCUT2D eigenvalue weighted by molar-refractivity contribution is 5.76. The number of ether oxygens (including phenoxy) is 3. The van der Waals surface area contributed by atoms with Crippen LogP contribution in [0.15, 0.2) is 60.7 Å². The van der Waals surface area contributed by atoms with Gasteiger partial charge >= 0.3 is 5.97 Å². The standard InChI is InChI=1S/C20H22O4/c1-15-12-18(22-13-16-8-4-2-5-9-16)19(20(21)24-15)23-14-17-10-6-3-7-11-17/h2-11,15,18-19H,12-14H2,1H3/t15-,18+,19-/m1/s1. The van der Waals surface area contributed by atoms with Crippen LogP contribution in [0.3, 0.4) is 0 Å². The van der Waals surface area contributed by atoms with Crippen molar-refractivity contribution in [2.75, 3.05) is 0 Å². The quantitative estimate of drug-likeness (QED) is 0.762. The van der Waals surface area contributed by atoms with E-state index in [4.69, 9.17) is 14.2 Å². The van der Waals surface area contributed by atoms with E-state index in [-0.39, 0.29) is 18.2 Å². The van der Waals surface area contributed by atoms with Crippen molar-refractivity contribution >= 4 is 5.97 Å². The Bertz CT molecular complexity index is 641. The van der Waals surface area contributed by atoms with E-state index in [9.17, 15) is 4.79 Å². The molecule has 0 N–H and O–H groups in total. The Morgan fingerprint density at radius 3 is 2.04 bits per heavy atom. The van der Waals surface area contributed by atoms with Gasteiger partial charge in [0, 0.05) is 6.42 Å². The molecule has 1 heterocycles. The van der Waals surface area contributed by atoms with Gasteiger partial charge in [-0.25, -0.2) is 4.79 Å². The number of carbonyl (C=O) groups excluding carboxylic acids is 1. The van der Waals surface area contributed by atoms with Gasteiger partial charge in [-0.1, -0.05) is 60.7 Å². The maximum absolute atomic E-state index is 12.2. The third-order valence-electron chi connectivity index (χ3n) is 4.03. The number of cyclic esters (lactones) is 1. The van der Waals surface area contributed by atoms with Gasteiger partial charge in [0.1, 0.15) is 6.10 Å². The fraction of sp³-hybridized carbons (Fsp3) is 0.350. The molecule has 24 heavy (non-hydrogen) atoms. The third kappa shape index (κ3) is 4.43. The molecule has 1 aliphatic heterocycles. The van der Waals surface area contributed by atoms with E-state index in [2.05, 4.69) is 0 Å². The SMILES string of the molecule is C[C@@H]1C[C@H](OCc2ccccc2)[C@@H](OCc2ccccc2)C(=O)O1. The van der Waals surface area contributed by atoms with Crippen molar-refractivity contribution in [1.82, 2.24) is 0 Å². The number of hydrogen-bond acceptors (Lipinski definition) is 4. The number of hydrogen-bond donors (Lipinski definition) is 0. The Hall–Kier alpha value is -2.17. The first-order chi connectivity index (χ1) is 11.7. The lowest BCUT2D eigenvalue weighted by Gasteiger charge is -2.33. The van der Waals surface area contributed by atoms with Gasteiger partial charge in [0.15, 0.2) is 6.10 Å². The Labute approximate surface area is 142 Å². The molecule has 1 fully saturated rings. The molecule has 2 aromatic carbocycles. The van der Waals surface area contributed by atoms with Gasteiger partial charge in [0.05, 0.1) is 19.3 Å². The van der Waals surface area contributed by atoms with E-state index >= 15 is 0 Å². The molecular formula is C20H22O4. The molecule has 0 spiro atoms. The Balaban J connectivity index is 1.62.